The van der Waals surface area contributed by atoms with Crippen LogP contribution in [0, 0.1) is 5.41 Å². The molecule has 0 aromatic heterocycles. The molecular weight excluding hydrogens is 278 g/mol. The van der Waals surface area contributed by atoms with Gasteiger partial charge in [0.05, 0.1) is 12.2 Å². The van der Waals surface area contributed by atoms with Gasteiger partial charge in [-0.15, -0.1) is 0 Å². The van der Waals surface area contributed by atoms with E-state index in [4.69, 9.17) is 4.74 Å². The third-order valence-corrected chi connectivity index (χ3v) is 5.47. The van der Waals surface area contributed by atoms with Crippen molar-refractivity contribution >= 4 is 17.9 Å². The molecule has 0 aromatic rings. The Kier molecular flexibility index (Phi) is 4.29. The fourth-order valence-electron chi connectivity index (χ4n) is 2.98. The van der Waals surface area contributed by atoms with E-state index in [0.717, 1.165) is 5.75 Å². The summed E-state index contributed by atoms with van der Waals surface area (Å²) in [6.45, 7) is 6.31. The summed E-state index contributed by atoms with van der Waals surface area (Å²) in [5.74, 6) is 1.54. The highest BCUT2D eigenvalue weighted by molar-refractivity contribution is 7.99. The monoisotopic (exact) mass is 303 g/mol. The number of carbonyl (C=O) groups excluding carboxylic acids is 1. The van der Waals surface area contributed by atoms with Gasteiger partial charge in [-0.05, 0) is 39.4 Å². The van der Waals surface area contributed by atoms with Crippen LogP contribution in [0.1, 0.15) is 33.6 Å². The second-order valence-electron chi connectivity index (χ2n) is 6.92. The number of ether oxygens (including phenoxy) is 1. The van der Waals surface area contributed by atoms with Crippen LogP contribution in [0.4, 0.5) is 4.79 Å². The lowest BCUT2D eigenvalue weighted by atomic mass is 9.71. The molecule has 0 aliphatic carbocycles. The predicted octanol–water partition coefficient (Wildman–Crippen LogP) is 1.47. The Morgan fingerprint density at radius 2 is 2.10 bits per heavy atom. The molecule has 2 heterocycles. The summed E-state index contributed by atoms with van der Waals surface area (Å²) in [7, 11) is 0. The van der Waals surface area contributed by atoms with Crippen molar-refractivity contribution in [3.8, 4) is 0 Å². The molecule has 2 saturated heterocycles. The number of carbonyl (C=O) groups is 1. The molecule has 6 heteroatoms. The minimum atomic E-state index is -0.872. The number of likely N-dealkylation sites (tertiary alicyclic amines) is 1. The number of aliphatic hydroxyl groups excluding tert-OH is 1. The zero-order valence-electron chi connectivity index (χ0n) is 12.5. The molecule has 2 fully saturated rings. The Morgan fingerprint density at radius 1 is 1.40 bits per heavy atom. The fraction of sp³-hybridized carbons (Fsp3) is 0.929. The predicted molar refractivity (Wildman–Crippen MR) is 78.8 cm³/mol. The van der Waals surface area contributed by atoms with Crippen molar-refractivity contribution in [3.05, 3.63) is 0 Å². The topological polar surface area (TPSA) is 70.0 Å². The van der Waals surface area contributed by atoms with Crippen LogP contribution >= 0.6 is 11.8 Å². The molecule has 0 radical (unpaired) electrons. The van der Waals surface area contributed by atoms with Gasteiger partial charge in [-0.1, -0.05) is 0 Å². The molecule has 0 bridgehead atoms. The van der Waals surface area contributed by atoms with Crippen molar-refractivity contribution in [1.82, 2.24) is 4.90 Å². The Bertz CT molecular complexity index is 376. The summed E-state index contributed by atoms with van der Waals surface area (Å²) in [4.78, 5) is 13.7. The molecule has 2 unspecified atom stereocenters. The van der Waals surface area contributed by atoms with Gasteiger partial charge in [0, 0.05) is 24.3 Å². The quantitative estimate of drug-likeness (QED) is 0.808. The Labute approximate surface area is 124 Å². The zero-order valence-corrected chi connectivity index (χ0v) is 13.3. The van der Waals surface area contributed by atoms with E-state index in [1.165, 1.54) is 0 Å². The van der Waals surface area contributed by atoms with Gasteiger partial charge in [-0.2, -0.15) is 11.8 Å². The van der Waals surface area contributed by atoms with Crippen molar-refractivity contribution in [3.63, 3.8) is 0 Å². The Hall–Kier alpha value is -0.460. The average molecular weight is 303 g/mol. The minimum Gasteiger partial charge on any atom is -0.444 e. The summed E-state index contributed by atoms with van der Waals surface area (Å²) in [5, 5.41) is 20.6. The molecule has 1 amide bonds. The highest BCUT2D eigenvalue weighted by atomic mass is 32.2. The van der Waals surface area contributed by atoms with Gasteiger partial charge < -0.3 is 19.8 Å². The summed E-state index contributed by atoms with van der Waals surface area (Å²) in [6.07, 6.45) is 0.947. The van der Waals surface area contributed by atoms with E-state index < -0.39 is 16.6 Å². The Morgan fingerprint density at radius 3 is 2.60 bits per heavy atom. The van der Waals surface area contributed by atoms with E-state index in [9.17, 15) is 15.0 Å². The second kappa shape index (κ2) is 5.39. The highest BCUT2D eigenvalue weighted by Crippen LogP contribution is 2.47. The second-order valence-corrected chi connectivity index (χ2v) is 8.03. The van der Waals surface area contributed by atoms with Crippen LogP contribution in [-0.2, 0) is 4.74 Å². The molecule has 20 heavy (non-hydrogen) atoms. The molecule has 2 atom stereocenters. The van der Waals surface area contributed by atoms with Crippen LogP contribution in [0.15, 0.2) is 0 Å². The van der Waals surface area contributed by atoms with Gasteiger partial charge in [0.1, 0.15) is 5.60 Å². The van der Waals surface area contributed by atoms with Gasteiger partial charge in [-0.25, -0.2) is 4.79 Å². The molecule has 5 nitrogen and oxygen atoms in total. The van der Waals surface area contributed by atoms with E-state index in [1.807, 2.05) is 20.8 Å². The van der Waals surface area contributed by atoms with E-state index in [1.54, 1.807) is 16.7 Å². The number of aliphatic hydroxyl groups is 2. The number of hydrogen-bond donors (Lipinski definition) is 2. The molecule has 2 N–H and O–H groups in total. The fourth-order valence-corrected chi connectivity index (χ4v) is 4.40. The maximum Gasteiger partial charge on any atom is 0.410 e. The van der Waals surface area contributed by atoms with Crippen molar-refractivity contribution in [1.29, 1.82) is 0 Å². The van der Waals surface area contributed by atoms with Gasteiger partial charge in [0.2, 0.25) is 0 Å². The largest absolute Gasteiger partial charge is 0.444 e. The van der Waals surface area contributed by atoms with Crippen LogP contribution < -0.4 is 0 Å². The first-order chi connectivity index (χ1) is 9.21. The van der Waals surface area contributed by atoms with Crippen LogP contribution in [-0.4, -0.2) is 63.6 Å². The first-order valence-corrected chi connectivity index (χ1v) is 8.26. The summed E-state index contributed by atoms with van der Waals surface area (Å²) in [6, 6.07) is 0. The first-order valence-electron chi connectivity index (χ1n) is 7.10. The van der Waals surface area contributed by atoms with Gasteiger partial charge >= 0.3 is 6.09 Å². The third-order valence-electron chi connectivity index (χ3n) is 4.30. The zero-order chi connectivity index (χ0) is 15.0. The maximum absolute atomic E-state index is 12.1. The molecule has 2 rings (SSSR count). The van der Waals surface area contributed by atoms with E-state index in [0.29, 0.717) is 31.7 Å². The van der Waals surface area contributed by atoms with Gasteiger partial charge in [0.15, 0.2) is 0 Å². The summed E-state index contributed by atoms with van der Waals surface area (Å²) >= 11 is 1.71. The van der Waals surface area contributed by atoms with Crippen molar-refractivity contribution in [2.45, 2.75) is 44.8 Å². The number of rotatable bonds is 2. The van der Waals surface area contributed by atoms with E-state index in [2.05, 4.69) is 0 Å². The molecule has 2 aliphatic rings. The van der Waals surface area contributed by atoms with Gasteiger partial charge in [0.25, 0.3) is 0 Å². The average Bonchev–Trinajstić information content (AvgIpc) is 2.94. The van der Waals surface area contributed by atoms with Gasteiger partial charge in [-0.3, -0.25) is 0 Å². The lowest BCUT2D eigenvalue weighted by molar-refractivity contribution is -0.0849. The first kappa shape index (κ1) is 15.9. The molecule has 0 spiro atoms. The molecular formula is C14H25NO4S. The number of nitrogens with zero attached hydrogens (tertiary/aromatic N) is 1. The smallest absolute Gasteiger partial charge is 0.410 e. The third kappa shape index (κ3) is 2.92. The molecule has 116 valence electrons. The van der Waals surface area contributed by atoms with Crippen LogP contribution in [0.3, 0.4) is 0 Å². The molecule has 0 aromatic carbocycles. The van der Waals surface area contributed by atoms with Crippen molar-refractivity contribution < 1.29 is 19.7 Å². The standard InChI is InChI=1S/C14H25NO4S/c1-12(2,3)19-11(17)15-6-4-13(8-15,9-16)14(18)5-7-20-10-14/h16,18H,4-10H2,1-3H3. The Balaban J connectivity index is 2.07. The molecule has 0 saturated carbocycles. The minimum absolute atomic E-state index is 0.0939. The summed E-state index contributed by atoms with van der Waals surface area (Å²) < 4.78 is 5.37. The highest BCUT2D eigenvalue weighted by Gasteiger charge is 2.56. The van der Waals surface area contributed by atoms with Crippen LogP contribution in [0.2, 0.25) is 0 Å². The maximum atomic E-state index is 12.1. The lowest BCUT2D eigenvalue weighted by Crippen LogP contribution is -2.53. The van der Waals surface area contributed by atoms with E-state index in [-0.39, 0.29) is 12.7 Å². The van der Waals surface area contributed by atoms with Crippen molar-refractivity contribution in [2.24, 2.45) is 5.41 Å². The number of amides is 1. The van der Waals surface area contributed by atoms with E-state index >= 15 is 0 Å². The van der Waals surface area contributed by atoms with Crippen LogP contribution in [0.25, 0.3) is 0 Å². The SMILES string of the molecule is CC(C)(C)OC(=O)N1CCC(CO)(C2(O)CCSC2)C1. The van der Waals surface area contributed by atoms with Crippen LogP contribution in [0.5, 0.6) is 0 Å². The van der Waals surface area contributed by atoms with Crippen molar-refractivity contribution in [2.75, 3.05) is 31.2 Å². The number of thioether (sulfide) groups is 1. The lowest BCUT2D eigenvalue weighted by Gasteiger charge is -2.40. The number of hydrogen-bond acceptors (Lipinski definition) is 5. The summed E-state index contributed by atoms with van der Waals surface area (Å²) in [5.41, 5.74) is -2.00. The molecule has 2 aliphatic heterocycles. The normalized spacial score (nSPS) is 34.5.